The molecule has 1 aromatic heterocycles. The standard InChI is InChI=1S/C17H22N2O2S/c1-12(2)15(20)8-10-18-16(21)11-22-17-14-6-4-3-5-13(14)7-9-19-17/h3-7,9,12,15,20H,8,10-11H2,1-2H3,(H,18,21). The van der Waals surface area contributed by atoms with Gasteiger partial charge in [0, 0.05) is 18.1 Å². The molecule has 5 heteroatoms. The third-order valence-corrected chi connectivity index (χ3v) is 4.51. The van der Waals surface area contributed by atoms with Gasteiger partial charge in [-0.2, -0.15) is 0 Å². The summed E-state index contributed by atoms with van der Waals surface area (Å²) in [6, 6.07) is 9.98. The van der Waals surface area contributed by atoms with Gasteiger partial charge in [-0.05, 0) is 23.8 Å². The molecule has 0 radical (unpaired) electrons. The average molecular weight is 318 g/mol. The lowest BCUT2D eigenvalue weighted by molar-refractivity contribution is -0.118. The van der Waals surface area contributed by atoms with Crippen molar-refractivity contribution in [1.82, 2.24) is 10.3 Å². The molecule has 2 aromatic rings. The molecule has 0 saturated carbocycles. The summed E-state index contributed by atoms with van der Waals surface area (Å²) in [6.45, 7) is 4.44. The smallest absolute Gasteiger partial charge is 0.230 e. The van der Waals surface area contributed by atoms with Gasteiger partial charge in [-0.1, -0.05) is 49.9 Å². The Morgan fingerprint density at radius 2 is 2.09 bits per heavy atom. The van der Waals surface area contributed by atoms with E-state index in [0.717, 1.165) is 15.8 Å². The molecule has 0 bridgehead atoms. The van der Waals surface area contributed by atoms with Gasteiger partial charge in [-0.15, -0.1) is 0 Å². The maximum absolute atomic E-state index is 11.9. The number of aliphatic hydroxyl groups is 1. The Balaban J connectivity index is 1.83. The number of rotatable bonds is 7. The minimum Gasteiger partial charge on any atom is -0.393 e. The number of carbonyl (C=O) groups excluding carboxylic acids is 1. The lowest BCUT2D eigenvalue weighted by Crippen LogP contribution is -2.29. The van der Waals surface area contributed by atoms with E-state index in [1.165, 1.54) is 11.8 Å². The Hall–Kier alpha value is -1.59. The number of nitrogens with one attached hydrogen (secondary N) is 1. The van der Waals surface area contributed by atoms with Crippen molar-refractivity contribution < 1.29 is 9.90 Å². The van der Waals surface area contributed by atoms with Crippen LogP contribution in [-0.2, 0) is 4.79 Å². The molecule has 4 nitrogen and oxygen atoms in total. The molecule has 1 atom stereocenters. The fraction of sp³-hybridized carbons (Fsp3) is 0.412. The molecule has 2 rings (SSSR count). The Kier molecular flexibility index (Phi) is 6.21. The van der Waals surface area contributed by atoms with Crippen molar-refractivity contribution in [3.05, 3.63) is 36.5 Å². The first-order valence-electron chi connectivity index (χ1n) is 7.49. The topological polar surface area (TPSA) is 62.2 Å². The van der Waals surface area contributed by atoms with Gasteiger partial charge in [0.05, 0.1) is 11.9 Å². The maximum Gasteiger partial charge on any atom is 0.230 e. The van der Waals surface area contributed by atoms with E-state index in [1.54, 1.807) is 6.20 Å². The van der Waals surface area contributed by atoms with Gasteiger partial charge in [0.2, 0.25) is 5.91 Å². The van der Waals surface area contributed by atoms with Crippen LogP contribution in [0.4, 0.5) is 0 Å². The average Bonchev–Trinajstić information content (AvgIpc) is 2.52. The fourth-order valence-electron chi connectivity index (χ4n) is 2.08. The Morgan fingerprint density at radius 1 is 1.32 bits per heavy atom. The Labute approximate surface area is 135 Å². The number of benzene rings is 1. The molecular weight excluding hydrogens is 296 g/mol. The van der Waals surface area contributed by atoms with Gasteiger partial charge >= 0.3 is 0 Å². The molecule has 0 aliphatic heterocycles. The Morgan fingerprint density at radius 3 is 2.86 bits per heavy atom. The second-order valence-electron chi connectivity index (χ2n) is 5.58. The zero-order valence-corrected chi connectivity index (χ0v) is 13.8. The summed E-state index contributed by atoms with van der Waals surface area (Å²) >= 11 is 1.44. The van der Waals surface area contributed by atoms with Crippen molar-refractivity contribution in [3.8, 4) is 0 Å². The number of nitrogens with zero attached hydrogens (tertiary/aromatic N) is 1. The molecule has 0 aliphatic carbocycles. The van der Waals surface area contributed by atoms with Gasteiger partial charge in [0.15, 0.2) is 0 Å². The van der Waals surface area contributed by atoms with Crippen LogP contribution in [0.3, 0.4) is 0 Å². The van der Waals surface area contributed by atoms with Crippen LogP contribution in [0.1, 0.15) is 20.3 Å². The highest BCUT2D eigenvalue weighted by Crippen LogP contribution is 2.25. The number of hydrogen-bond acceptors (Lipinski definition) is 4. The quantitative estimate of drug-likeness (QED) is 0.771. The highest BCUT2D eigenvalue weighted by atomic mass is 32.2. The van der Waals surface area contributed by atoms with E-state index in [2.05, 4.69) is 10.3 Å². The van der Waals surface area contributed by atoms with E-state index in [0.29, 0.717) is 18.7 Å². The van der Waals surface area contributed by atoms with E-state index >= 15 is 0 Å². The van der Waals surface area contributed by atoms with Crippen LogP contribution in [0, 0.1) is 5.92 Å². The molecule has 0 aliphatic rings. The lowest BCUT2D eigenvalue weighted by Gasteiger charge is -2.14. The largest absolute Gasteiger partial charge is 0.393 e. The van der Waals surface area contributed by atoms with Crippen molar-refractivity contribution in [3.63, 3.8) is 0 Å². The van der Waals surface area contributed by atoms with Crippen LogP contribution in [0.25, 0.3) is 10.8 Å². The SMILES string of the molecule is CC(C)C(O)CCNC(=O)CSc1nccc2ccccc12. The summed E-state index contributed by atoms with van der Waals surface area (Å²) in [5, 5.41) is 15.6. The number of carbonyl (C=O) groups is 1. The number of hydrogen-bond donors (Lipinski definition) is 2. The molecule has 22 heavy (non-hydrogen) atoms. The molecule has 118 valence electrons. The lowest BCUT2D eigenvalue weighted by atomic mass is 10.0. The number of aliphatic hydroxyl groups excluding tert-OH is 1. The summed E-state index contributed by atoms with van der Waals surface area (Å²) < 4.78 is 0. The summed E-state index contributed by atoms with van der Waals surface area (Å²) in [4.78, 5) is 16.2. The first kappa shape index (κ1) is 16.8. The number of aromatic nitrogens is 1. The maximum atomic E-state index is 11.9. The molecule has 0 fully saturated rings. The fourth-order valence-corrected chi connectivity index (χ4v) is 2.93. The summed E-state index contributed by atoms with van der Waals surface area (Å²) in [7, 11) is 0. The minimum absolute atomic E-state index is 0.0318. The number of fused-ring (bicyclic) bond motifs is 1. The molecule has 2 N–H and O–H groups in total. The molecule has 0 spiro atoms. The second kappa shape index (κ2) is 8.15. The third kappa shape index (κ3) is 4.71. The highest BCUT2D eigenvalue weighted by molar-refractivity contribution is 8.00. The van der Waals surface area contributed by atoms with Crippen LogP contribution in [-0.4, -0.2) is 34.4 Å². The molecule has 1 aromatic carbocycles. The normalized spacial score (nSPS) is 12.5. The van der Waals surface area contributed by atoms with E-state index in [4.69, 9.17) is 0 Å². The number of pyridine rings is 1. The van der Waals surface area contributed by atoms with Crippen molar-refractivity contribution in [2.75, 3.05) is 12.3 Å². The van der Waals surface area contributed by atoms with Crippen LogP contribution >= 0.6 is 11.8 Å². The third-order valence-electron chi connectivity index (χ3n) is 3.51. The monoisotopic (exact) mass is 318 g/mol. The zero-order valence-electron chi connectivity index (χ0n) is 13.0. The first-order valence-corrected chi connectivity index (χ1v) is 8.48. The van der Waals surface area contributed by atoms with Crippen LogP contribution in [0.2, 0.25) is 0 Å². The molecule has 1 heterocycles. The highest BCUT2D eigenvalue weighted by Gasteiger charge is 2.10. The van der Waals surface area contributed by atoms with Crippen LogP contribution in [0.15, 0.2) is 41.6 Å². The molecular formula is C17H22N2O2S. The van der Waals surface area contributed by atoms with Gasteiger partial charge in [0.25, 0.3) is 0 Å². The van der Waals surface area contributed by atoms with Crippen LogP contribution < -0.4 is 5.32 Å². The summed E-state index contributed by atoms with van der Waals surface area (Å²) in [5.74, 6) is 0.514. The second-order valence-corrected chi connectivity index (χ2v) is 6.54. The molecule has 0 saturated heterocycles. The predicted molar refractivity (Wildman–Crippen MR) is 90.9 cm³/mol. The molecule has 1 amide bonds. The van der Waals surface area contributed by atoms with Crippen molar-refractivity contribution in [2.45, 2.75) is 31.4 Å². The molecule has 1 unspecified atom stereocenters. The first-order chi connectivity index (χ1) is 10.6. The van der Waals surface area contributed by atoms with E-state index < -0.39 is 0 Å². The zero-order chi connectivity index (χ0) is 15.9. The number of amides is 1. The predicted octanol–water partition coefficient (Wildman–Crippen LogP) is 2.85. The van der Waals surface area contributed by atoms with E-state index in [9.17, 15) is 9.90 Å². The van der Waals surface area contributed by atoms with Crippen LogP contribution in [0.5, 0.6) is 0 Å². The van der Waals surface area contributed by atoms with Gasteiger partial charge in [0.1, 0.15) is 5.03 Å². The number of thioether (sulfide) groups is 1. The van der Waals surface area contributed by atoms with Gasteiger partial charge in [-0.25, -0.2) is 4.98 Å². The van der Waals surface area contributed by atoms with Gasteiger partial charge in [-0.3, -0.25) is 4.79 Å². The minimum atomic E-state index is -0.368. The van der Waals surface area contributed by atoms with Crippen molar-refractivity contribution in [1.29, 1.82) is 0 Å². The van der Waals surface area contributed by atoms with Crippen molar-refractivity contribution in [2.24, 2.45) is 5.92 Å². The van der Waals surface area contributed by atoms with Gasteiger partial charge < -0.3 is 10.4 Å². The summed E-state index contributed by atoms with van der Waals surface area (Å²) in [5.41, 5.74) is 0. The van der Waals surface area contributed by atoms with Crippen molar-refractivity contribution >= 4 is 28.4 Å². The van der Waals surface area contributed by atoms with E-state index in [-0.39, 0.29) is 17.9 Å². The van der Waals surface area contributed by atoms with E-state index in [1.807, 2.05) is 44.2 Å². The Bertz CT molecular complexity index is 626. The summed E-state index contributed by atoms with van der Waals surface area (Å²) in [6.07, 6.45) is 1.98.